The summed E-state index contributed by atoms with van der Waals surface area (Å²) in [4.78, 5) is 112. The molecular weight excluding hydrogens is 1040 g/mol. The molecule has 0 spiro atoms. The van der Waals surface area contributed by atoms with Crippen molar-refractivity contribution in [1.82, 2.24) is 26.2 Å². The van der Waals surface area contributed by atoms with Crippen LogP contribution in [0.1, 0.15) is 131 Å². The number of aliphatic hydroxyl groups is 1. The summed E-state index contributed by atoms with van der Waals surface area (Å²) in [5, 5.41) is 33.4. The average molecular weight is 1120 g/mol. The van der Waals surface area contributed by atoms with E-state index in [0.29, 0.717) is 60.8 Å². The number of aryl methyl sites for hydroxylation is 1. The number of benzene rings is 2. The van der Waals surface area contributed by atoms with Crippen molar-refractivity contribution in [3.63, 3.8) is 0 Å². The van der Waals surface area contributed by atoms with Gasteiger partial charge in [-0.25, -0.2) is 4.79 Å². The van der Waals surface area contributed by atoms with Gasteiger partial charge in [-0.15, -0.1) is 0 Å². The highest BCUT2D eigenvalue weighted by Gasteiger charge is 2.58. The molecule has 0 radical (unpaired) electrons. The number of carboxylic acids is 1. The van der Waals surface area contributed by atoms with Crippen molar-refractivity contribution in [3.05, 3.63) is 76.3 Å². The number of hydrogen-bond donors (Lipinski definition) is 7. The van der Waals surface area contributed by atoms with Gasteiger partial charge < -0.3 is 50.6 Å². The second kappa shape index (κ2) is 29.9. The number of methoxy groups -OCH3 is 1. The van der Waals surface area contributed by atoms with Crippen molar-refractivity contribution < 1.29 is 67.6 Å². The van der Waals surface area contributed by atoms with Crippen LogP contribution in [0.5, 0.6) is 5.75 Å². The van der Waals surface area contributed by atoms with E-state index in [1.807, 2.05) is 65.0 Å². The normalized spacial score (nSPS) is 24.6. The number of ether oxygens (including phenoxy) is 3. The first kappa shape index (κ1) is 64.7. The summed E-state index contributed by atoms with van der Waals surface area (Å²) in [7, 11) is 3.27. The number of amides is 8. The highest BCUT2D eigenvalue weighted by atomic mass is 35.5. The Hall–Kier alpha value is -6.84. The molecule has 0 aliphatic carbocycles. The molecule has 4 aliphatic rings. The van der Waals surface area contributed by atoms with Gasteiger partial charge in [0.25, 0.3) is 0 Å². The van der Waals surface area contributed by atoms with Gasteiger partial charge >= 0.3 is 12.1 Å². The minimum absolute atomic E-state index is 0.00349. The van der Waals surface area contributed by atoms with Crippen LogP contribution in [0.25, 0.3) is 0 Å². The maximum atomic E-state index is 13.2. The number of carboxylic acid groups (broad SMARTS) is 1. The molecule has 3 fully saturated rings. The fraction of sp³-hybridized carbons (Fsp3) is 0.561. The number of aliphatic carboxylic acids is 1. The van der Waals surface area contributed by atoms with E-state index in [-0.39, 0.29) is 93.1 Å². The van der Waals surface area contributed by atoms with E-state index < -0.39 is 59.3 Å². The third-order valence-electron chi connectivity index (χ3n) is 14.0. The Balaban J connectivity index is 0.000000332. The molecule has 4 heterocycles. The zero-order valence-electron chi connectivity index (χ0n) is 47.1. The molecular formula is C57H80ClN7O14. The van der Waals surface area contributed by atoms with Crippen molar-refractivity contribution in [2.24, 2.45) is 11.8 Å². The lowest BCUT2D eigenvalue weighted by Gasteiger charge is -2.38. The number of hydrogen-bond acceptors (Lipinski definition) is 13. The Morgan fingerprint density at radius 1 is 0.987 bits per heavy atom. The molecule has 79 heavy (non-hydrogen) atoms. The Labute approximate surface area is 467 Å². The lowest BCUT2D eigenvalue weighted by atomic mass is 9.85. The molecule has 0 aromatic heterocycles. The quantitative estimate of drug-likeness (QED) is 0.0522. The van der Waals surface area contributed by atoms with Crippen molar-refractivity contribution in [1.29, 1.82) is 0 Å². The van der Waals surface area contributed by atoms with Crippen LogP contribution in [0.2, 0.25) is 5.02 Å². The topological polar surface area (TPSA) is 292 Å². The molecule has 4 aliphatic heterocycles. The molecule has 6 rings (SSSR count). The smallest absolute Gasteiger partial charge is 0.409 e. The summed E-state index contributed by atoms with van der Waals surface area (Å²) >= 11 is 6.59. The van der Waals surface area contributed by atoms with Gasteiger partial charge in [0, 0.05) is 83.1 Å². The maximum absolute atomic E-state index is 13.2. The SMILES string of the molecule is CC.CC(=O)NC(CCCCNC(=O)CCN1C(=O)CC(C)C1=O)C(=O)NC(C)C(=O)Nc1ccc(CCC(=O)O)cc1.COc1cc2cc(c1Cl)N(C)C(=O)CC[C@]1(C)O[C@H]1[C@H](C)C1C[C@](O)(C/C=C/C=C(\C)C2)NC(=O)O1. The van der Waals surface area contributed by atoms with Gasteiger partial charge in [-0.1, -0.05) is 75.2 Å². The molecule has 21 nitrogen and oxygen atoms in total. The molecule has 8 amide bonds. The summed E-state index contributed by atoms with van der Waals surface area (Å²) in [5.41, 5.74) is 2.00. The Morgan fingerprint density at radius 3 is 2.32 bits per heavy atom. The summed E-state index contributed by atoms with van der Waals surface area (Å²) in [6.45, 7) is 14.8. The number of likely N-dealkylation sites (tertiary alicyclic amines) is 1. The van der Waals surface area contributed by atoms with E-state index in [0.717, 1.165) is 21.6 Å². The fourth-order valence-corrected chi connectivity index (χ4v) is 9.74. The van der Waals surface area contributed by atoms with Gasteiger partial charge in [0.1, 0.15) is 34.7 Å². The summed E-state index contributed by atoms with van der Waals surface area (Å²) in [6.07, 6.45) is 8.05. The molecule has 4 unspecified atom stereocenters. The summed E-state index contributed by atoms with van der Waals surface area (Å²) in [6, 6.07) is 8.74. The Kier molecular flexibility index (Phi) is 24.5. The van der Waals surface area contributed by atoms with E-state index >= 15 is 0 Å². The first-order valence-electron chi connectivity index (χ1n) is 27.0. The first-order valence-corrected chi connectivity index (χ1v) is 27.3. The molecule has 7 N–H and O–H groups in total. The Bertz CT molecular complexity index is 2590. The van der Waals surface area contributed by atoms with Crippen molar-refractivity contribution in [2.75, 3.05) is 37.5 Å². The third-order valence-corrected chi connectivity index (χ3v) is 14.4. The standard InChI is InChI=1S/C28H39N5O8.C27H35ClN2O6.C2H6/c1-17-16-24(36)33(28(17)41)15-13-23(35)29-14-5-4-6-22(31-19(3)34)27(40)30-18(2)26(39)32-21-10-7-20(8-11-21)9-12-25(37)38;1-16-8-6-7-10-27(33)15-21(35-25(32)29-27)17(2)24-26(3,36-24)11-9-22(31)30(4)19-13-18(12-16)14-20(34-5)23(19)28;1-2/h7-8,10-11,17-18,22H,4-6,9,12-16H2,1-3H3,(H,29,35)(H,30,40)(H,31,34)(H,32,39)(H,37,38);6-8,13-14,17,21,24,33H,9-12,15H2,1-5H3,(H,29,32);1-2H3/b;7-6+,16-8+;/t;17-,21?,24+,26+,27-;/m.1./s1. The van der Waals surface area contributed by atoms with Crippen molar-refractivity contribution >= 4 is 76.4 Å². The number of allylic oxidation sites excluding steroid dienone is 3. The van der Waals surface area contributed by atoms with Crippen LogP contribution >= 0.6 is 11.6 Å². The lowest BCUT2D eigenvalue weighted by molar-refractivity contribution is -0.140. The van der Waals surface area contributed by atoms with Crippen LogP contribution < -0.4 is 36.2 Å². The van der Waals surface area contributed by atoms with E-state index in [4.69, 9.17) is 30.9 Å². The van der Waals surface area contributed by atoms with Gasteiger partial charge in [-0.05, 0) is 94.7 Å². The van der Waals surface area contributed by atoms with E-state index in [1.165, 1.54) is 13.8 Å². The molecule has 2 aromatic carbocycles. The fourth-order valence-electron chi connectivity index (χ4n) is 9.43. The van der Waals surface area contributed by atoms with Crippen LogP contribution in [-0.4, -0.2) is 131 Å². The number of anilines is 2. The number of carbonyl (C=O) groups is 9. The van der Waals surface area contributed by atoms with E-state index in [2.05, 4.69) is 26.6 Å². The Morgan fingerprint density at radius 2 is 1.68 bits per heavy atom. The molecule has 0 saturated carbocycles. The number of nitrogens with zero attached hydrogens (tertiary/aromatic N) is 2. The number of rotatable bonds is 17. The van der Waals surface area contributed by atoms with Crippen molar-refractivity contribution in [3.8, 4) is 5.75 Å². The van der Waals surface area contributed by atoms with Gasteiger partial charge in [-0.2, -0.15) is 0 Å². The average Bonchev–Trinajstić information content (AvgIpc) is 4.09. The van der Waals surface area contributed by atoms with Crippen LogP contribution in [0.3, 0.4) is 0 Å². The van der Waals surface area contributed by atoms with Crippen LogP contribution in [-0.2, 0) is 60.7 Å². The van der Waals surface area contributed by atoms with Gasteiger partial charge in [0.15, 0.2) is 0 Å². The number of imide groups is 1. The molecule has 22 heteroatoms. The number of carbonyl (C=O) groups excluding carboxylic acids is 8. The minimum atomic E-state index is -1.40. The van der Waals surface area contributed by atoms with Gasteiger partial charge in [0.2, 0.25) is 41.4 Å². The number of fused-ring (bicyclic) bond motifs is 5. The maximum Gasteiger partial charge on any atom is 0.409 e. The number of epoxide rings is 1. The molecule has 434 valence electrons. The molecule has 3 saturated heterocycles. The monoisotopic (exact) mass is 1120 g/mol. The zero-order chi connectivity index (χ0) is 58.8. The van der Waals surface area contributed by atoms with Gasteiger partial charge in [-0.3, -0.25) is 48.6 Å². The second-order valence-electron chi connectivity index (χ2n) is 20.6. The highest BCUT2D eigenvalue weighted by Crippen LogP contribution is 2.48. The van der Waals surface area contributed by atoms with Crippen LogP contribution in [0.4, 0.5) is 16.2 Å². The minimum Gasteiger partial charge on any atom is -0.495 e. The van der Waals surface area contributed by atoms with Crippen LogP contribution in [0.15, 0.2) is 60.2 Å². The largest absolute Gasteiger partial charge is 0.495 e. The molecule has 8 atom stereocenters. The summed E-state index contributed by atoms with van der Waals surface area (Å²) in [5.74, 6) is -3.20. The summed E-state index contributed by atoms with van der Waals surface area (Å²) < 4.78 is 17.0. The lowest BCUT2D eigenvalue weighted by Crippen LogP contribution is -2.57. The predicted octanol–water partition coefficient (Wildman–Crippen LogP) is 6.27. The van der Waals surface area contributed by atoms with Crippen LogP contribution in [0, 0.1) is 11.8 Å². The predicted molar refractivity (Wildman–Crippen MR) is 297 cm³/mol. The van der Waals surface area contributed by atoms with Gasteiger partial charge in [0.05, 0.1) is 24.5 Å². The third kappa shape index (κ3) is 19.5. The molecule has 4 bridgehead atoms. The highest BCUT2D eigenvalue weighted by molar-refractivity contribution is 6.35. The molecule has 2 aromatic rings. The van der Waals surface area contributed by atoms with E-state index in [1.54, 1.807) is 50.2 Å². The first-order chi connectivity index (χ1) is 37.3. The zero-order valence-corrected chi connectivity index (χ0v) is 47.9. The number of halogens is 1. The number of alkyl carbamates (subject to hydrolysis) is 1. The van der Waals surface area contributed by atoms with Crippen molar-refractivity contribution in [2.45, 2.75) is 168 Å². The number of unbranched alkanes of at least 4 members (excludes halogenated alkanes) is 1. The second-order valence-corrected chi connectivity index (χ2v) is 20.9. The number of nitrogens with one attached hydrogen (secondary N) is 5. The van der Waals surface area contributed by atoms with E-state index in [9.17, 15) is 48.3 Å².